The molecule has 6 nitrogen and oxygen atoms in total. The van der Waals surface area contributed by atoms with Crippen molar-refractivity contribution in [2.75, 3.05) is 5.84 Å². The number of nitriles is 1. The fraction of sp³-hybridized carbons (Fsp3) is 0.154. The molecule has 2 N–H and O–H groups in total. The first kappa shape index (κ1) is 16.3. The van der Waals surface area contributed by atoms with Crippen LogP contribution >= 0.6 is 0 Å². The van der Waals surface area contributed by atoms with Crippen LogP contribution in [-0.2, 0) is 6.18 Å². The van der Waals surface area contributed by atoms with Crippen molar-refractivity contribution in [3.8, 4) is 11.8 Å². The van der Waals surface area contributed by atoms with Gasteiger partial charge in [0.2, 0.25) is 0 Å². The quantitative estimate of drug-likeness (QED) is 0.625. The lowest BCUT2D eigenvalue weighted by Crippen LogP contribution is -2.45. The maximum atomic E-state index is 14.0. The SMILES string of the molecule is Cc1cc(-n2c(=O)cc(C(F)(F)F)n(N)c2=O)c(F)cc1C#N. The van der Waals surface area contributed by atoms with Crippen LogP contribution in [0.15, 0.2) is 27.8 Å². The van der Waals surface area contributed by atoms with E-state index in [1.54, 1.807) is 6.07 Å². The molecule has 0 amide bonds. The summed E-state index contributed by atoms with van der Waals surface area (Å²) in [6.45, 7) is 1.41. The van der Waals surface area contributed by atoms with Crippen LogP contribution in [0, 0.1) is 24.1 Å². The third-order valence-electron chi connectivity index (χ3n) is 3.08. The van der Waals surface area contributed by atoms with Gasteiger partial charge in [-0.05, 0) is 24.6 Å². The Kier molecular flexibility index (Phi) is 3.73. The Bertz CT molecular complexity index is 951. The summed E-state index contributed by atoms with van der Waals surface area (Å²) < 4.78 is 52.0. The Labute approximate surface area is 125 Å². The van der Waals surface area contributed by atoms with Gasteiger partial charge < -0.3 is 5.84 Å². The maximum Gasteiger partial charge on any atom is 0.433 e. The van der Waals surface area contributed by atoms with E-state index >= 15 is 0 Å². The minimum Gasteiger partial charge on any atom is -0.335 e. The van der Waals surface area contributed by atoms with Gasteiger partial charge in [-0.25, -0.2) is 18.4 Å². The summed E-state index contributed by atoms with van der Waals surface area (Å²) in [5, 5.41) is 8.79. The number of hydrogen-bond donors (Lipinski definition) is 1. The Hall–Kier alpha value is -3.09. The van der Waals surface area contributed by atoms with Crippen LogP contribution in [0.3, 0.4) is 0 Å². The first-order valence-electron chi connectivity index (χ1n) is 6.00. The highest BCUT2D eigenvalue weighted by Crippen LogP contribution is 2.26. The van der Waals surface area contributed by atoms with Crippen molar-refractivity contribution in [1.29, 1.82) is 5.26 Å². The van der Waals surface area contributed by atoms with Crippen molar-refractivity contribution in [3.63, 3.8) is 0 Å². The zero-order valence-corrected chi connectivity index (χ0v) is 11.5. The zero-order valence-electron chi connectivity index (χ0n) is 11.5. The Morgan fingerprint density at radius 1 is 1.22 bits per heavy atom. The molecule has 0 aliphatic rings. The maximum absolute atomic E-state index is 14.0. The highest BCUT2D eigenvalue weighted by molar-refractivity contribution is 5.46. The van der Waals surface area contributed by atoms with Crippen LogP contribution in [0.1, 0.15) is 16.8 Å². The van der Waals surface area contributed by atoms with Crippen LogP contribution in [-0.4, -0.2) is 9.24 Å². The van der Waals surface area contributed by atoms with Gasteiger partial charge >= 0.3 is 11.9 Å². The largest absolute Gasteiger partial charge is 0.433 e. The van der Waals surface area contributed by atoms with E-state index in [1.165, 1.54) is 6.92 Å². The van der Waals surface area contributed by atoms with E-state index in [0.29, 0.717) is 0 Å². The van der Waals surface area contributed by atoms with Crippen molar-refractivity contribution >= 4 is 0 Å². The van der Waals surface area contributed by atoms with Crippen LogP contribution in [0.5, 0.6) is 0 Å². The first-order chi connectivity index (χ1) is 10.6. The number of halogens is 4. The summed E-state index contributed by atoms with van der Waals surface area (Å²) in [6.07, 6.45) is -5.02. The van der Waals surface area contributed by atoms with Crippen LogP contribution < -0.4 is 17.1 Å². The molecule has 10 heteroatoms. The van der Waals surface area contributed by atoms with Crippen LogP contribution in [0.25, 0.3) is 5.69 Å². The fourth-order valence-corrected chi connectivity index (χ4v) is 1.95. The molecule has 1 heterocycles. The lowest BCUT2D eigenvalue weighted by atomic mass is 10.1. The minimum absolute atomic E-state index is 0.0423. The van der Waals surface area contributed by atoms with Crippen LogP contribution in [0.2, 0.25) is 0 Å². The normalized spacial score (nSPS) is 11.3. The molecule has 0 saturated heterocycles. The van der Waals surface area contributed by atoms with Crippen molar-refractivity contribution in [3.05, 3.63) is 61.7 Å². The Balaban J connectivity index is 2.85. The number of alkyl halides is 3. The number of aryl methyl sites for hydroxylation is 1. The van der Waals surface area contributed by atoms with Crippen molar-refractivity contribution in [2.24, 2.45) is 0 Å². The van der Waals surface area contributed by atoms with Crippen LogP contribution in [0.4, 0.5) is 17.6 Å². The topological polar surface area (TPSA) is 93.8 Å². The molecule has 0 aliphatic heterocycles. The van der Waals surface area contributed by atoms with Gasteiger partial charge in [0, 0.05) is 6.07 Å². The van der Waals surface area contributed by atoms with E-state index in [2.05, 4.69) is 0 Å². The number of benzene rings is 1. The monoisotopic (exact) mass is 328 g/mol. The summed E-state index contributed by atoms with van der Waals surface area (Å²) in [5.74, 6) is 3.95. The molecule has 120 valence electrons. The average molecular weight is 328 g/mol. The molecule has 0 radical (unpaired) electrons. The number of hydrogen-bond acceptors (Lipinski definition) is 4. The second kappa shape index (κ2) is 5.28. The number of nitrogen functional groups attached to an aromatic ring is 1. The fourth-order valence-electron chi connectivity index (χ4n) is 1.95. The van der Waals surface area contributed by atoms with E-state index in [4.69, 9.17) is 11.1 Å². The van der Waals surface area contributed by atoms with Crippen molar-refractivity contribution in [2.45, 2.75) is 13.1 Å². The van der Waals surface area contributed by atoms with Gasteiger partial charge in [-0.1, -0.05) is 0 Å². The first-order valence-corrected chi connectivity index (χ1v) is 6.00. The summed E-state index contributed by atoms with van der Waals surface area (Å²) in [4.78, 5) is 23.8. The molecular formula is C13H8F4N4O2. The highest BCUT2D eigenvalue weighted by atomic mass is 19.4. The average Bonchev–Trinajstić information content (AvgIpc) is 2.45. The van der Waals surface area contributed by atoms with E-state index in [0.717, 1.165) is 12.1 Å². The number of rotatable bonds is 1. The van der Waals surface area contributed by atoms with Gasteiger partial charge in [0.05, 0.1) is 17.3 Å². The number of nitrogens with zero attached hydrogens (tertiary/aromatic N) is 3. The summed E-state index contributed by atoms with van der Waals surface area (Å²) in [6, 6.07) is 3.57. The van der Waals surface area contributed by atoms with E-state index in [1.807, 2.05) is 0 Å². The lowest BCUT2D eigenvalue weighted by Gasteiger charge is -2.14. The Morgan fingerprint density at radius 3 is 2.35 bits per heavy atom. The van der Waals surface area contributed by atoms with Crippen molar-refractivity contribution in [1.82, 2.24) is 9.24 Å². The number of nitrogens with two attached hydrogens (primary N) is 1. The van der Waals surface area contributed by atoms with Gasteiger partial charge in [0.15, 0.2) is 5.69 Å². The summed E-state index contributed by atoms with van der Waals surface area (Å²) in [7, 11) is 0. The smallest absolute Gasteiger partial charge is 0.335 e. The molecule has 0 fully saturated rings. The molecule has 23 heavy (non-hydrogen) atoms. The predicted molar refractivity (Wildman–Crippen MR) is 70.9 cm³/mol. The molecule has 0 spiro atoms. The molecule has 0 bridgehead atoms. The molecule has 1 aromatic carbocycles. The second-order valence-corrected chi connectivity index (χ2v) is 4.58. The van der Waals surface area contributed by atoms with Gasteiger partial charge in [0.1, 0.15) is 5.82 Å². The van der Waals surface area contributed by atoms with E-state index in [9.17, 15) is 27.2 Å². The molecule has 0 aliphatic carbocycles. The highest BCUT2D eigenvalue weighted by Gasteiger charge is 2.36. The molecular weight excluding hydrogens is 320 g/mol. The minimum atomic E-state index is -5.02. The summed E-state index contributed by atoms with van der Waals surface area (Å²) >= 11 is 0. The third kappa shape index (κ3) is 2.68. The lowest BCUT2D eigenvalue weighted by molar-refractivity contribution is -0.143. The third-order valence-corrected chi connectivity index (χ3v) is 3.08. The molecule has 0 saturated carbocycles. The number of aromatic nitrogens is 2. The van der Waals surface area contributed by atoms with Gasteiger partial charge in [0.25, 0.3) is 5.56 Å². The summed E-state index contributed by atoms with van der Waals surface area (Å²) in [5.41, 5.74) is -5.02. The van der Waals surface area contributed by atoms with E-state index < -0.39 is 34.6 Å². The molecule has 0 unspecified atom stereocenters. The Morgan fingerprint density at radius 2 is 1.83 bits per heavy atom. The second-order valence-electron chi connectivity index (χ2n) is 4.58. The zero-order chi connectivity index (χ0) is 17.5. The molecule has 1 aromatic heterocycles. The molecule has 0 atom stereocenters. The predicted octanol–water partition coefficient (Wildman–Crippen LogP) is 1.05. The van der Waals surface area contributed by atoms with E-state index in [-0.39, 0.29) is 26.4 Å². The van der Waals surface area contributed by atoms with Crippen molar-refractivity contribution < 1.29 is 17.6 Å². The van der Waals surface area contributed by atoms with Gasteiger partial charge in [-0.3, -0.25) is 4.79 Å². The van der Waals surface area contributed by atoms with Gasteiger partial charge in [-0.2, -0.15) is 18.4 Å². The molecule has 2 rings (SSSR count). The molecule has 2 aromatic rings. The van der Waals surface area contributed by atoms with Gasteiger partial charge in [-0.15, -0.1) is 0 Å². The standard InChI is InChI=1S/C13H8F4N4O2/c1-6-2-9(8(14)3-7(6)5-18)20-11(22)4-10(13(15,16)17)21(19)12(20)23/h2-4H,19H2,1H3.